The Kier molecular flexibility index (Phi) is 5.01. The Labute approximate surface area is 127 Å². The van der Waals surface area contributed by atoms with E-state index >= 15 is 0 Å². The van der Waals surface area contributed by atoms with Gasteiger partial charge in [-0.25, -0.2) is 0 Å². The van der Waals surface area contributed by atoms with Gasteiger partial charge in [0.05, 0.1) is 12.6 Å². The first-order chi connectivity index (χ1) is 9.93. The number of allylic oxidation sites excluding steroid dienone is 1. The lowest BCUT2D eigenvalue weighted by Crippen LogP contribution is -2.29. The molecule has 1 aromatic rings. The van der Waals surface area contributed by atoms with Gasteiger partial charge in [-0.3, -0.25) is 9.69 Å². The van der Waals surface area contributed by atoms with Crippen LogP contribution in [0.1, 0.15) is 35.1 Å². The lowest BCUT2D eigenvalue weighted by atomic mass is 10.0. The Hall–Kier alpha value is -1.39. The number of carbonyl (C=O) groups is 1. The normalized spacial score (nSPS) is 20.7. The maximum atomic E-state index is 12.5. The highest BCUT2D eigenvalue weighted by Gasteiger charge is 2.28. The molecule has 1 aromatic heterocycles. The summed E-state index contributed by atoms with van der Waals surface area (Å²) in [7, 11) is 0. The molecular weight excluding hydrogens is 264 g/mol. The summed E-state index contributed by atoms with van der Waals surface area (Å²) in [5.41, 5.74) is 2.93. The number of carbonyl (C=O) groups excluding carboxylic acids is 1. The number of aryl methyl sites for hydroxylation is 1. The van der Waals surface area contributed by atoms with Crippen LogP contribution < -0.4 is 0 Å². The molecule has 0 amide bonds. The molecular formula is C17H26N2O2. The number of aromatic nitrogens is 1. The predicted molar refractivity (Wildman–Crippen MR) is 84.7 cm³/mol. The molecule has 0 aliphatic carbocycles. The zero-order valence-corrected chi connectivity index (χ0v) is 13.3. The van der Waals surface area contributed by atoms with E-state index in [0.29, 0.717) is 12.5 Å². The molecule has 1 aliphatic heterocycles. The van der Waals surface area contributed by atoms with Gasteiger partial charge in [0.25, 0.3) is 0 Å². The molecule has 116 valence electrons. The van der Waals surface area contributed by atoms with Crippen molar-refractivity contribution in [3.05, 3.63) is 35.7 Å². The summed E-state index contributed by atoms with van der Waals surface area (Å²) in [5, 5.41) is 9.64. The first kappa shape index (κ1) is 16.0. The van der Waals surface area contributed by atoms with E-state index < -0.39 is 0 Å². The molecule has 0 aromatic carbocycles. The third-order valence-electron chi connectivity index (χ3n) is 4.54. The molecule has 1 fully saturated rings. The number of aliphatic hydroxyl groups is 1. The van der Waals surface area contributed by atoms with Crippen LogP contribution in [0.15, 0.2) is 18.7 Å². The quantitative estimate of drug-likeness (QED) is 0.645. The van der Waals surface area contributed by atoms with Crippen LogP contribution in [0.3, 0.4) is 0 Å². The Morgan fingerprint density at radius 3 is 2.86 bits per heavy atom. The summed E-state index contributed by atoms with van der Waals surface area (Å²) in [6.07, 6.45) is 2.53. The average molecular weight is 290 g/mol. The molecule has 1 aliphatic rings. The van der Waals surface area contributed by atoms with Crippen LogP contribution in [0.25, 0.3) is 0 Å². The maximum absolute atomic E-state index is 12.5. The van der Waals surface area contributed by atoms with Gasteiger partial charge < -0.3 is 9.67 Å². The van der Waals surface area contributed by atoms with E-state index in [1.54, 1.807) is 0 Å². The highest BCUT2D eigenvalue weighted by atomic mass is 16.3. The second kappa shape index (κ2) is 6.58. The molecule has 4 nitrogen and oxygen atoms in total. The molecule has 2 atom stereocenters. The first-order valence-corrected chi connectivity index (χ1v) is 7.65. The number of Topliss-reactive ketones (excluding diaryl/α,β-unsaturated/α-hetero) is 1. The van der Waals surface area contributed by atoms with Gasteiger partial charge in [-0.2, -0.15) is 0 Å². The number of nitrogens with zero attached hydrogens (tertiary/aromatic N) is 2. The molecule has 2 heterocycles. The largest absolute Gasteiger partial charge is 0.393 e. The lowest BCUT2D eigenvalue weighted by molar-refractivity contribution is 0.0925. The van der Waals surface area contributed by atoms with Crippen LogP contribution in [-0.2, 0) is 6.54 Å². The van der Waals surface area contributed by atoms with Gasteiger partial charge in [0, 0.05) is 30.0 Å². The van der Waals surface area contributed by atoms with E-state index in [2.05, 4.69) is 16.0 Å². The number of hydrogen-bond donors (Lipinski definition) is 1. The van der Waals surface area contributed by atoms with Crippen LogP contribution in [0.2, 0.25) is 0 Å². The minimum atomic E-state index is -0.289. The maximum Gasteiger partial charge on any atom is 0.178 e. The Morgan fingerprint density at radius 2 is 2.29 bits per heavy atom. The zero-order chi connectivity index (χ0) is 15.6. The third-order valence-corrected chi connectivity index (χ3v) is 4.54. The fourth-order valence-corrected chi connectivity index (χ4v) is 3.18. The van der Waals surface area contributed by atoms with Gasteiger partial charge in [-0.15, -0.1) is 6.58 Å². The summed E-state index contributed by atoms with van der Waals surface area (Å²) < 4.78 is 2.11. The smallest absolute Gasteiger partial charge is 0.178 e. The second-order valence-electron chi connectivity index (χ2n) is 6.13. The van der Waals surface area contributed by atoms with Gasteiger partial charge in [0.2, 0.25) is 0 Å². The molecule has 0 radical (unpaired) electrons. The van der Waals surface area contributed by atoms with Crippen molar-refractivity contribution < 1.29 is 9.90 Å². The van der Waals surface area contributed by atoms with Crippen LogP contribution in [-0.4, -0.2) is 46.1 Å². The number of likely N-dealkylation sites (tertiary alicyclic amines) is 1. The van der Waals surface area contributed by atoms with E-state index in [1.165, 1.54) is 0 Å². The van der Waals surface area contributed by atoms with Crippen molar-refractivity contribution in [3.63, 3.8) is 0 Å². The van der Waals surface area contributed by atoms with Crippen molar-refractivity contribution in [1.29, 1.82) is 0 Å². The molecule has 2 unspecified atom stereocenters. The van der Waals surface area contributed by atoms with Gasteiger partial charge >= 0.3 is 0 Å². The molecule has 0 bridgehead atoms. The van der Waals surface area contributed by atoms with Crippen molar-refractivity contribution in [2.75, 3.05) is 19.6 Å². The highest BCUT2D eigenvalue weighted by Crippen LogP contribution is 2.21. The number of rotatable bonds is 6. The van der Waals surface area contributed by atoms with Crippen LogP contribution in [0.5, 0.6) is 0 Å². The standard InChI is InChI=1S/C17H26N2O2/c1-5-7-19-12(2)9-16(13(19)3)17(21)11-18-8-6-15(10-18)14(4)20/h5,9,14-15,20H,1,6-8,10-11H2,2-4H3. The van der Waals surface area contributed by atoms with E-state index in [0.717, 1.165) is 43.0 Å². The Bertz CT molecular complexity index is 531. The fraction of sp³-hybridized carbons (Fsp3) is 0.588. The van der Waals surface area contributed by atoms with Gasteiger partial charge in [0.15, 0.2) is 5.78 Å². The molecule has 21 heavy (non-hydrogen) atoms. The van der Waals surface area contributed by atoms with Crippen LogP contribution in [0, 0.1) is 19.8 Å². The van der Waals surface area contributed by atoms with Gasteiger partial charge in [0.1, 0.15) is 0 Å². The summed E-state index contributed by atoms with van der Waals surface area (Å²) in [6, 6.07) is 1.98. The van der Waals surface area contributed by atoms with E-state index in [9.17, 15) is 9.90 Å². The monoisotopic (exact) mass is 290 g/mol. The third kappa shape index (κ3) is 3.44. The number of aliphatic hydroxyl groups excluding tert-OH is 1. The van der Waals surface area contributed by atoms with Gasteiger partial charge in [-0.05, 0) is 45.7 Å². The first-order valence-electron chi connectivity index (χ1n) is 7.65. The zero-order valence-electron chi connectivity index (χ0n) is 13.3. The van der Waals surface area contributed by atoms with Crippen molar-refractivity contribution >= 4 is 5.78 Å². The minimum Gasteiger partial charge on any atom is -0.393 e. The van der Waals surface area contributed by atoms with E-state index in [-0.39, 0.29) is 11.9 Å². The van der Waals surface area contributed by atoms with Gasteiger partial charge in [-0.1, -0.05) is 6.08 Å². The summed E-state index contributed by atoms with van der Waals surface area (Å²) in [5.74, 6) is 0.468. The molecule has 4 heteroatoms. The molecule has 0 saturated carbocycles. The Morgan fingerprint density at radius 1 is 1.57 bits per heavy atom. The average Bonchev–Trinajstić information content (AvgIpc) is 2.99. The van der Waals surface area contributed by atoms with Crippen LogP contribution >= 0.6 is 0 Å². The summed E-state index contributed by atoms with van der Waals surface area (Å²) in [4.78, 5) is 14.7. The summed E-state index contributed by atoms with van der Waals surface area (Å²) >= 11 is 0. The predicted octanol–water partition coefficient (Wildman–Crippen LogP) is 2.18. The van der Waals surface area contributed by atoms with E-state index in [1.807, 2.05) is 32.9 Å². The van der Waals surface area contributed by atoms with Crippen molar-refractivity contribution in [2.24, 2.45) is 5.92 Å². The van der Waals surface area contributed by atoms with E-state index in [4.69, 9.17) is 0 Å². The Balaban J connectivity index is 2.04. The van der Waals surface area contributed by atoms with Crippen LogP contribution in [0.4, 0.5) is 0 Å². The van der Waals surface area contributed by atoms with Crippen molar-refractivity contribution in [1.82, 2.24) is 9.47 Å². The van der Waals surface area contributed by atoms with Crippen molar-refractivity contribution in [3.8, 4) is 0 Å². The molecule has 0 spiro atoms. The highest BCUT2D eigenvalue weighted by molar-refractivity contribution is 5.99. The number of ketones is 1. The lowest BCUT2D eigenvalue weighted by Gasteiger charge is -2.16. The molecule has 1 saturated heterocycles. The number of hydrogen-bond acceptors (Lipinski definition) is 3. The SMILES string of the molecule is C=CCn1c(C)cc(C(=O)CN2CCC(C(C)O)C2)c1C. The minimum absolute atomic E-state index is 0.171. The molecule has 1 N–H and O–H groups in total. The molecule has 2 rings (SSSR count). The topological polar surface area (TPSA) is 45.5 Å². The van der Waals surface area contributed by atoms with Crippen molar-refractivity contribution in [2.45, 2.75) is 39.8 Å². The fourth-order valence-electron chi connectivity index (χ4n) is 3.18. The summed E-state index contributed by atoms with van der Waals surface area (Å²) in [6.45, 7) is 12.5. The second-order valence-corrected chi connectivity index (χ2v) is 6.13.